The molecule has 1 aromatic carbocycles. The van der Waals surface area contributed by atoms with Crippen LogP contribution in [0.25, 0.3) is 0 Å². The third-order valence-corrected chi connectivity index (χ3v) is 2.87. The Labute approximate surface area is 129 Å². The van der Waals surface area contributed by atoms with Gasteiger partial charge in [-0.2, -0.15) is 39.5 Å². The average Bonchev–Trinajstić information content (AvgIpc) is 2.40. The molecular weight excluding hydrogens is 357 g/mol. The van der Waals surface area contributed by atoms with Crippen LogP contribution in [0.5, 0.6) is 0 Å². The van der Waals surface area contributed by atoms with Crippen LogP contribution in [-0.4, -0.2) is 30.1 Å². The summed E-state index contributed by atoms with van der Waals surface area (Å²) >= 11 is 0. The average molecular weight is 367 g/mol. The van der Waals surface area contributed by atoms with Crippen molar-refractivity contribution >= 4 is 5.91 Å². The van der Waals surface area contributed by atoms with Crippen LogP contribution in [0, 0.1) is 0 Å². The van der Waals surface area contributed by atoms with Crippen molar-refractivity contribution in [1.29, 1.82) is 0 Å². The number of rotatable bonds is 3. The van der Waals surface area contributed by atoms with E-state index in [1.54, 1.807) is 0 Å². The van der Waals surface area contributed by atoms with Gasteiger partial charge < -0.3 is 4.90 Å². The Kier molecular flexibility index (Phi) is 5.46. The van der Waals surface area contributed by atoms with E-state index < -0.39 is 54.2 Å². The van der Waals surface area contributed by atoms with Crippen molar-refractivity contribution in [2.24, 2.45) is 0 Å². The van der Waals surface area contributed by atoms with Gasteiger partial charge in [0.25, 0.3) is 5.91 Å². The molecule has 0 unspecified atom stereocenters. The molecule has 2 nitrogen and oxygen atoms in total. The number of nitrogens with zero attached hydrogens (tertiary/aromatic N) is 1. The summed E-state index contributed by atoms with van der Waals surface area (Å²) in [5, 5.41) is 0. The van der Waals surface area contributed by atoms with E-state index in [9.17, 15) is 44.3 Å². The van der Waals surface area contributed by atoms with Crippen molar-refractivity contribution in [3.05, 3.63) is 34.9 Å². The molecule has 0 bridgehead atoms. The summed E-state index contributed by atoms with van der Waals surface area (Å²) in [4.78, 5) is 12.0. The maximum Gasteiger partial charge on any atom is 0.416 e. The predicted molar refractivity (Wildman–Crippen MR) is 64.1 cm³/mol. The molecule has 0 heterocycles. The molecule has 1 rings (SSSR count). The standard InChI is InChI=1S/C13H10F9NO/c1-2-23(6-11(14,15)16)10(24)7-3-8(12(17,18)19)5-9(4-7)13(20,21)22/h3-5H,2,6H2,1H3. The second-order valence-electron chi connectivity index (χ2n) is 4.73. The molecule has 0 saturated heterocycles. The van der Waals surface area contributed by atoms with Gasteiger partial charge in [-0.3, -0.25) is 4.79 Å². The molecule has 136 valence electrons. The molecule has 0 aliphatic rings. The monoisotopic (exact) mass is 367 g/mol. The minimum atomic E-state index is -5.20. The number of hydrogen-bond acceptors (Lipinski definition) is 1. The predicted octanol–water partition coefficient (Wildman–Crippen LogP) is 4.75. The number of carbonyl (C=O) groups is 1. The third kappa shape index (κ3) is 5.31. The van der Waals surface area contributed by atoms with E-state index in [1.165, 1.54) is 0 Å². The van der Waals surface area contributed by atoms with Crippen molar-refractivity contribution in [1.82, 2.24) is 4.90 Å². The van der Waals surface area contributed by atoms with E-state index in [0.29, 0.717) is 0 Å². The topological polar surface area (TPSA) is 20.3 Å². The first kappa shape index (κ1) is 20.1. The Balaban J connectivity index is 3.38. The van der Waals surface area contributed by atoms with Crippen LogP contribution in [0.4, 0.5) is 39.5 Å². The van der Waals surface area contributed by atoms with E-state index >= 15 is 0 Å². The SMILES string of the molecule is CCN(CC(F)(F)F)C(=O)c1cc(C(F)(F)F)cc(C(F)(F)F)c1. The molecule has 0 atom stereocenters. The number of hydrogen-bond donors (Lipinski definition) is 0. The lowest BCUT2D eigenvalue weighted by molar-refractivity contribution is -0.144. The minimum absolute atomic E-state index is 0.0939. The highest BCUT2D eigenvalue weighted by Crippen LogP contribution is 2.36. The Morgan fingerprint density at radius 3 is 1.58 bits per heavy atom. The Morgan fingerprint density at radius 2 is 1.29 bits per heavy atom. The Hall–Kier alpha value is -1.94. The van der Waals surface area contributed by atoms with Crippen molar-refractivity contribution < 1.29 is 44.3 Å². The molecule has 0 N–H and O–H groups in total. The summed E-state index contributed by atoms with van der Waals surface area (Å²) in [5.41, 5.74) is -4.67. The third-order valence-electron chi connectivity index (χ3n) is 2.87. The number of alkyl halides is 9. The second-order valence-corrected chi connectivity index (χ2v) is 4.73. The molecule has 1 aromatic rings. The van der Waals surface area contributed by atoms with Crippen molar-refractivity contribution in [3.8, 4) is 0 Å². The summed E-state index contributed by atoms with van der Waals surface area (Å²) in [7, 11) is 0. The van der Waals surface area contributed by atoms with Gasteiger partial charge in [-0.05, 0) is 25.1 Å². The Bertz CT molecular complexity index is 569. The quantitative estimate of drug-likeness (QED) is 0.707. The molecule has 0 radical (unpaired) electrons. The van der Waals surface area contributed by atoms with Crippen LogP contribution < -0.4 is 0 Å². The molecule has 24 heavy (non-hydrogen) atoms. The first-order valence-electron chi connectivity index (χ1n) is 6.30. The summed E-state index contributed by atoms with van der Waals surface area (Å²) in [6.45, 7) is -1.22. The lowest BCUT2D eigenvalue weighted by Gasteiger charge is -2.23. The highest BCUT2D eigenvalue weighted by atomic mass is 19.4. The maximum absolute atomic E-state index is 12.7. The molecule has 11 heteroatoms. The van der Waals surface area contributed by atoms with Crippen LogP contribution in [-0.2, 0) is 12.4 Å². The van der Waals surface area contributed by atoms with Crippen LogP contribution in [0.2, 0.25) is 0 Å². The number of benzene rings is 1. The fourth-order valence-corrected chi connectivity index (χ4v) is 1.80. The van der Waals surface area contributed by atoms with Gasteiger partial charge in [0.05, 0.1) is 11.1 Å². The minimum Gasteiger partial charge on any atom is -0.330 e. The molecule has 0 aliphatic carbocycles. The van der Waals surface area contributed by atoms with Crippen LogP contribution in [0.15, 0.2) is 18.2 Å². The summed E-state index contributed by atoms with van der Waals surface area (Å²) in [6.07, 6.45) is -15.2. The lowest BCUT2D eigenvalue weighted by Crippen LogP contribution is -2.39. The molecule has 1 amide bonds. The van der Waals surface area contributed by atoms with Crippen molar-refractivity contribution in [2.75, 3.05) is 13.1 Å². The molecule has 0 aliphatic heterocycles. The molecule has 0 spiro atoms. The molecule has 0 fully saturated rings. The van der Waals surface area contributed by atoms with Gasteiger partial charge in [0, 0.05) is 12.1 Å². The zero-order valence-electron chi connectivity index (χ0n) is 11.9. The van der Waals surface area contributed by atoms with Gasteiger partial charge in [-0.1, -0.05) is 0 Å². The van der Waals surface area contributed by atoms with E-state index in [2.05, 4.69) is 0 Å². The fourth-order valence-electron chi connectivity index (χ4n) is 1.80. The number of amides is 1. The van der Waals surface area contributed by atoms with E-state index in [-0.39, 0.29) is 23.1 Å². The normalized spacial score (nSPS) is 13.1. The van der Waals surface area contributed by atoms with Crippen LogP contribution in [0.1, 0.15) is 28.4 Å². The smallest absolute Gasteiger partial charge is 0.330 e. The van der Waals surface area contributed by atoms with Gasteiger partial charge in [-0.15, -0.1) is 0 Å². The molecule has 0 saturated carbocycles. The van der Waals surface area contributed by atoms with Gasteiger partial charge in [0.1, 0.15) is 6.54 Å². The summed E-state index contributed by atoms with van der Waals surface area (Å²) < 4.78 is 113. The largest absolute Gasteiger partial charge is 0.416 e. The highest BCUT2D eigenvalue weighted by Gasteiger charge is 2.39. The summed E-state index contributed by atoms with van der Waals surface area (Å²) in [5.74, 6) is -1.58. The van der Waals surface area contributed by atoms with Crippen molar-refractivity contribution in [3.63, 3.8) is 0 Å². The van der Waals surface area contributed by atoms with E-state index in [4.69, 9.17) is 0 Å². The fraction of sp³-hybridized carbons (Fsp3) is 0.462. The van der Waals surface area contributed by atoms with Crippen molar-refractivity contribution in [2.45, 2.75) is 25.5 Å². The van der Waals surface area contributed by atoms with E-state index in [1.807, 2.05) is 0 Å². The second kappa shape index (κ2) is 6.52. The maximum atomic E-state index is 12.7. The lowest BCUT2D eigenvalue weighted by atomic mass is 10.0. The van der Waals surface area contributed by atoms with Gasteiger partial charge in [-0.25, -0.2) is 0 Å². The van der Waals surface area contributed by atoms with Gasteiger partial charge in [0.15, 0.2) is 0 Å². The number of halogens is 9. The molecule has 0 aromatic heterocycles. The zero-order chi connectivity index (χ0) is 18.9. The van der Waals surface area contributed by atoms with E-state index in [0.717, 1.165) is 6.92 Å². The zero-order valence-corrected chi connectivity index (χ0v) is 11.9. The van der Waals surface area contributed by atoms with Gasteiger partial charge in [0.2, 0.25) is 0 Å². The van der Waals surface area contributed by atoms with Crippen LogP contribution >= 0.6 is 0 Å². The Morgan fingerprint density at radius 1 is 0.875 bits per heavy atom. The van der Waals surface area contributed by atoms with Crippen LogP contribution in [0.3, 0.4) is 0 Å². The van der Waals surface area contributed by atoms with Gasteiger partial charge >= 0.3 is 18.5 Å². The highest BCUT2D eigenvalue weighted by molar-refractivity contribution is 5.94. The summed E-state index contributed by atoms with van der Waals surface area (Å²) in [6, 6.07) is -0.0238. The first-order chi connectivity index (χ1) is 10.6. The first-order valence-corrected chi connectivity index (χ1v) is 6.30. The number of carbonyl (C=O) groups excluding carboxylic acids is 1. The molecular formula is C13H10F9NO.